The molecule has 116 valence electrons. The maximum atomic E-state index is 10.9. The average molecular weight is 299 g/mol. The molecule has 0 aliphatic carbocycles. The average Bonchev–Trinajstić information content (AvgIpc) is 2.46. The summed E-state index contributed by atoms with van der Waals surface area (Å²) in [5.41, 5.74) is 11.1. The normalized spacial score (nSPS) is 12.0. The van der Waals surface area contributed by atoms with E-state index in [1.165, 1.54) is 0 Å². The molecular weight excluding hydrogens is 278 g/mol. The number of nitrogens with two attached hydrogens (primary N) is 1. The van der Waals surface area contributed by atoms with E-state index in [0.29, 0.717) is 0 Å². The Labute approximate surface area is 130 Å². The van der Waals surface area contributed by atoms with Crippen LogP contribution in [0.1, 0.15) is 29.2 Å². The van der Waals surface area contributed by atoms with E-state index < -0.39 is 12.0 Å². The van der Waals surface area contributed by atoms with Crippen molar-refractivity contribution in [2.24, 2.45) is 5.73 Å². The molecule has 0 fully saturated rings. The fourth-order valence-electron chi connectivity index (χ4n) is 2.70. The zero-order chi connectivity index (χ0) is 16.3. The number of aliphatic carboxylic acids is 1. The zero-order valence-electron chi connectivity index (χ0n) is 13.1. The number of hydrogen-bond donors (Lipinski definition) is 2. The van der Waals surface area contributed by atoms with Crippen LogP contribution in [0.15, 0.2) is 36.4 Å². The standard InChI is InChI=1S/C18H21NO3/c1-11-5-4-6-12(2)18(11)14-9-13(7-8-16(14)22-3)15(19)10-17(20)21/h4-9,15H,10,19H2,1-3H3,(H,20,21). The number of aryl methyl sites for hydroxylation is 2. The fraction of sp³-hybridized carbons (Fsp3) is 0.278. The number of carbonyl (C=O) groups is 1. The lowest BCUT2D eigenvalue weighted by atomic mass is 9.92. The largest absolute Gasteiger partial charge is 0.496 e. The van der Waals surface area contributed by atoms with Gasteiger partial charge in [0.15, 0.2) is 0 Å². The van der Waals surface area contributed by atoms with E-state index in [-0.39, 0.29) is 6.42 Å². The molecular formula is C18H21NO3. The first-order valence-corrected chi connectivity index (χ1v) is 7.16. The van der Waals surface area contributed by atoms with Crippen molar-refractivity contribution in [3.63, 3.8) is 0 Å². The first-order chi connectivity index (χ1) is 10.4. The number of carboxylic acid groups (broad SMARTS) is 1. The molecule has 0 radical (unpaired) electrons. The Hall–Kier alpha value is -2.33. The van der Waals surface area contributed by atoms with Crippen molar-refractivity contribution in [3.05, 3.63) is 53.1 Å². The Kier molecular flexibility index (Phi) is 4.83. The molecule has 1 unspecified atom stereocenters. The molecule has 0 aromatic heterocycles. The second kappa shape index (κ2) is 6.62. The predicted octanol–water partition coefficient (Wildman–Crippen LogP) is 3.45. The second-order valence-electron chi connectivity index (χ2n) is 5.43. The maximum absolute atomic E-state index is 10.9. The van der Waals surface area contributed by atoms with Gasteiger partial charge in [0.25, 0.3) is 0 Å². The van der Waals surface area contributed by atoms with E-state index in [4.69, 9.17) is 15.6 Å². The SMILES string of the molecule is COc1ccc(C(N)CC(=O)O)cc1-c1c(C)cccc1C. The highest BCUT2D eigenvalue weighted by Crippen LogP contribution is 2.36. The van der Waals surface area contributed by atoms with Crippen molar-refractivity contribution >= 4 is 5.97 Å². The minimum absolute atomic E-state index is 0.0987. The monoisotopic (exact) mass is 299 g/mol. The topological polar surface area (TPSA) is 72.5 Å². The third kappa shape index (κ3) is 3.28. The van der Waals surface area contributed by atoms with Gasteiger partial charge in [-0.25, -0.2) is 0 Å². The van der Waals surface area contributed by atoms with Crippen molar-refractivity contribution in [1.82, 2.24) is 0 Å². The molecule has 2 rings (SSSR count). The Morgan fingerprint density at radius 2 is 1.86 bits per heavy atom. The van der Waals surface area contributed by atoms with E-state index in [2.05, 4.69) is 0 Å². The summed E-state index contributed by atoms with van der Waals surface area (Å²) >= 11 is 0. The number of hydrogen-bond acceptors (Lipinski definition) is 3. The number of ether oxygens (including phenoxy) is 1. The van der Waals surface area contributed by atoms with Gasteiger partial charge in [0, 0.05) is 11.6 Å². The van der Waals surface area contributed by atoms with Gasteiger partial charge in [-0.05, 0) is 48.2 Å². The van der Waals surface area contributed by atoms with E-state index >= 15 is 0 Å². The zero-order valence-corrected chi connectivity index (χ0v) is 13.1. The number of methoxy groups -OCH3 is 1. The summed E-state index contributed by atoms with van der Waals surface area (Å²) in [4.78, 5) is 10.9. The molecule has 4 heteroatoms. The molecule has 4 nitrogen and oxygen atoms in total. The molecule has 0 spiro atoms. The minimum atomic E-state index is -0.906. The Morgan fingerprint density at radius 1 is 1.23 bits per heavy atom. The molecule has 0 heterocycles. The molecule has 0 aliphatic rings. The molecule has 2 aromatic carbocycles. The minimum Gasteiger partial charge on any atom is -0.496 e. The Bertz CT molecular complexity index is 674. The molecule has 0 amide bonds. The second-order valence-corrected chi connectivity index (χ2v) is 5.43. The van der Waals surface area contributed by atoms with Crippen molar-refractivity contribution in [3.8, 4) is 16.9 Å². The summed E-state index contributed by atoms with van der Waals surface area (Å²) in [6, 6.07) is 11.2. The Balaban J connectivity index is 2.56. The van der Waals surface area contributed by atoms with Crippen LogP contribution < -0.4 is 10.5 Å². The molecule has 2 aromatic rings. The highest BCUT2D eigenvalue weighted by Gasteiger charge is 2.16. The van der Waals surface area contributed by atoms with Crippen LogP contribution in [0, 0.1) is 13.8 Å². The molecule has 0 aliphatic heterocycles. The number of benzene rings is 2. The molecule has 22 heavy (non-hydrogen) atoms. The lowest BCUT2D eigenvalue weighted by molar-refractivity contribution is -0.137. The van der Waals surface area contributed by atoms with E-state index in [1.54, 1.807) is 7.11 Å². The van der Waals surface area contributed by atoms with Crippen LogP contribution in [-0.4, -0.2) is 18.2 Å². The molecule has 0 saturated heterocycles. The van der Waals surface area contributed by atoms with Gasteiger partial charge in [-0.15, -0.1) is 0 Å². The lowest BCUT2D eigenvalue weighted by Gasteiger charge is -2.17. The van der Waals surface area contributed by atoms with Gasteiger partial charge >= 0.3 is 5.97 Å². The summed E-state index contributed by atoms with van der Waals surface area (Å²) in [5.74, 6) is -0.152. The van der Waals surface area contributed by atoms with Gasteiger partial charge in [0.2, 0.25) is 0 Å². The van der Waals surface area contributed by atoms with E-state index in [0.717, 1.165) is 33.6 Å². The van der Waals surface area contributed by atoms with Crippen molar-refractivity contribution in [2.75, 3.05) is 7.11 Å². The maximum Gasteiger partial charge on any atom is 0.305 e. The fourth-order valence-corrected chi connectivity index (χ4v) is 2.70. The van der Waals surface area contributed by atoms with Crippen molar-refractivity contribution in [2.45, 2.75) is 26.3 Å². The van der Waals surface area contributed by atoms with Crippen LogP contribution in [0.2, 0.25) is 0 Å². The third-order valence-corrected chi connectivity index (χ3v) is 3.80. The van der Waals surface area contributed by atoms with Gasteiger partial charge in [-0.3, -0.25) is 4.79 Å². The summed E-state index contributed by atoms with van der Waals surface area (Å²) in [5, 5.41) is 8.92. The van der Waals surface area contributed by atoms with Gasteiger partial charge in [0.05, 0.1) is 13.5 Å². The van der Waals surface area contributed by atoms with Crippen LogP contribution in [0.5, 0.6) is 5.75 Å². The summed E-state index contributed by atoms with van der Waals surface area (Å²) in [6.45, 7) is 4.09. The quantitative estimate of drug-likeness (QED) is 0.887. The van der Waals surface area contributed by atoms with Crippen LogP contribution in [-0.2, 0) is 4.79 Å². The molecule has 3 N–H and O–H groups in total. The first kappa shape index (κ1) is 16.0. The smallest absolute Gasteiger partial charge is 0.305 e. The van der Waals surface area contributed by atoms with Crippen LogP contribution in [0.3, 0.4) is 0 Å². The van der Waals surface area contributed by atoms with Gasteiger partial charge in [0.1, 0.15) is 5.75 Å². The van der Waals surface area contributed by atoms with Crippen molar-refractivity contribution < 1.29 is 14.6 Å². The predicted molar refractivity (Wildman–Crippen MR) is 87.1 cm³/mol. The van der Waals surface area contributed by atoms with E-state index in [1.807, 2.05) is 50.2 Å². The number of carboxylic acids is 1. The first-order valence-electron chi connectivity index (χ1n) is 7.16. The van der Waals surface area contributed by atoms with Gasteiger partial charge in [-0.1, -0.05) is 24.3 Å². The van der Waals surface area contributed by atoms with E-state index in [9.17, 15) is 4.79 Å². The van der Waals surface area contributed by atoms with Crippen molar-refractivity contribution in [1.29, 1.82) is 0 Å². The van der Waals surface area contributed by atoms with Gasteiger partial charge < -0.3 is 15.6 Å². The Morgan fingerprint density at radius 3 is 2.41 bits per heavy atom. The molecule has 0 saturated carbocycles. The number of rotatable bonds is 5. The van der Waals surface area contributed by atoms with Crippen LogP contribution in [0.25, 0.3) is 11.1 Å². The third-order valence-electron chi connectivity index (χ3n) is 3.80. The van der Waals surface area contributed by atoms with Gasteiger partial charge in [-0.2, -0.15) is 0 Å². The van der Waals surface area contributed by atoms with Crippen LogP contribution >= 0.6 is 0 Å². The summed E-state index contributed by atoms with van der Waals surface area (Å²) in [6.07, 6.45) is -0.0987. The van der Waals surface area contributed by atoms with Crippen LogP contribution in [0.4, 0.5) is 0 Å². The summed E-state index contributed by atoms with van der Waals surface area (Å²) in [7, 11) is 1.63. The highest BCUT2D eigenvalue weighted by atomic mass is 16.5. The highest BCUT2D eigenvalue weighted by molar-refractivity contribution is 5.77. The lowest BCUT2D eigenvalue weighted by Crippen LogP contribution is -2.15. The summed E-state index contributed by atoms with van der Waals surface area (Å²) < 4.78 is 5.47. The molecule has 1 atom stereocenters. The molecule has 0 bridgehead atoms.